The first kappa shape index (κ1) is 20.0. The van der Waals surface area contributed by atoms with E-state index in [2.05, 4.69) is 34.5 Å². The van der Waals surface area contributed by atoms with Crippen molar-refractivity contribution < 1.29 is 9.53 Å². The summed E-state index contributed by atoms with van der Waals surface area (Å²) < 4.78 is 5.91. The van der Waals surface area contributed by atoms with Gasteiger partial charge in [0.05, 0.1) is 5.56 Å². The Bertz CT molecular complexity index is 948. The molecule has 3 aromatic carbocycles. The van der Waals surface area contributed by atoms with Crippen LogP contribution in [0.5, 0.6) is 5.75 Å². The van der Waals surface area contributed by atoms with Gasteiger partial charge in [0.1, 0.15) is 12.4 Å². The summed E-state index contributed by atoms with van der Waals surface area (Å²) >= 11 is 0. The molecule has 0 spiro atoms. The van der Waals surface area contributed by atoms with Crippen LogP contribution < -0.4 is 15.0 Å². The Morgan fingerprint density at radius 1 is 0.800 bits per heavy atom. The van der Waals surface area contributed by atoms with Crippen LogP contribution in [0.3, 0.4) is 0 Å². The van der Waals surface area contributed by atoms with Crippen molar-refractivity contribution in [2.24, 2.45) is 0 Å². The minimum absolute atomic E-state index is 0.126. The zero-order chi connectivity index (χ0) is 20.6. The number of rotatable bonds is 7. The van der Waals surface area contributed by atoms with Crippen LogP contribution >= 0.6 is 0 Å². The topological polar surface area (TPSA) is 41.6 Å². The van der Waals surface area contributed by atoms with Gasteiger partial charge in [-0.3, -0.25) is 4.79 Å². The average Bonchev–Trinajstić information content (AvgIpc) is 2.83. The fraction of sp³-hybridized carbons (Fsp3) is 0.269. The summed E-state index contributed by atoms with van der Waals surface area (Å²) in [5.74, 6) is 0.470. The van der Waals surface area contributed by atoms with Crippen molar-refractivity contribution in [1.82, 2.24) is 5.32 Å². The van der Waals surface area contributed by atoms with Gasteiger partial charge in [0.2, 0.25) is 0 Å². The fourth-order valence-corrected chi connectivity index (χ4v) is 3.77. The van der Waals surface area contributed by atoms with E-state index in [1.54, 1.807) is 6.07 Å². The van der Waals surface area contributed by atoms with Crippen LogP contribution in [0.25, 0.3) is 0 Å². The number of amides is 1. The van der Waals surface area contributed by atoms with Crippen LogP contribution in [0.1, 0.15) is 40.7 Å². The lowest BCUT2D eigenvalue weighted by atomic mass is 10.1. The van der Waals surface area contributed by atoms with Crippen molar-refractivity contribution in [3.63, 3.8) is 0 Å². The van der Waals surface area contributed by atoms with E-state index in [1.165, 1.54) is 24.9 Å². The second-order valence-corrected chi connectivity index (χ2v) is 7.67. The van der Waals surface area contributed by atoms with E-state index in [4.69, 9.17) is 4.74 Å². The molecule has 154 valence electrons. The predicted molar refractivity (Wildman–Crippen MR) is 121 cm³/mol. The first-order valence-corrected chi connectivity index (χ1v) is 10.7. The van der Waals surface area contributed by atoms with Gasteiger partial charge < -0.3 is 15.0 Å². The molecular weight excluding hydrogens is 372 g/mol. The lowest BCUT2D eigenvalue weighted by molar-refractivity contribution is 0.0946. The van der Waals surface area contributed by atoms with Crippen LogP contribution in [-0.4, -0.2) is 19.0 Å². The number of piperidine rings is 1. The second-order valence-electron chi connectivity index (χ2n) is 7.67. The number of anilines is 1. The molecule has 3 aromatic rings. The molecule has 0 atom stereocenters. The Hall–Kier alpha value is -3.27. The summed E-state index contributed by atoms with van der Waals surface area (Å²) in [4.78, 5) is 15.2. The van der Waals surface area contributed by atoms with Gasteiger partial charge in [0.25, 0.3) is 5.91 Å². The molecule has 1 amide bonds. The molecule has 1 aliphatic heterocycles. The maximum Gasteiger partial charge on any atom is 0.255 e. The number of benzene rings is 3. The van der Waals surface area contributed by atoms with Crippen LogP contribution in [0, 0.1) is 0 Å². The van der Waals surface area contributed by atoms with Crippen LogP contribution in [0.2, 0.25) is 0 Å². The molecule has 1 saturated heterocycles. The Balaban J connectivity index is 1.35. The summed E-state index contributed by atoms with van der Waals surface area (Å²) in [7, 11) is 0. The van der Waals surface area contributed by atoms with Gasteiger partial charge in [-0.15, -0.1) is 0 Å². The number of hydrogen-bond acceptors (Lipinski definition) is 3. The Morgan fingerprint density at radius 2 is 1.50 bits per heavy atom. The number of ether oxygens (including phenoxy) is 1. The standard InChI is InChI=1S/C26H28N2O2/c29-26(24-11-5-6-12-25(24)30-20-22-9-3-1-4-10-22)27-19-21-13-15-23(16-14-21)28-17-7-2-8-18-28/h1,3-6,9-16H,2,7-8,17-20H2,(H,27,29). The fourth-order valence-electron chi connectivity index (χ4n) is 3.77. The summed E-state index contributed by atoms with van der Waals surface area (Å²) in [5.41, 5.74) is 3.98. The van der Waals surface area contributed by atoms with E-state index in [0.717, 1.165) is 24.2 Å². The highest BCUT2D eigenvalue weighted by atomic mass is 16.5. The third-order valence-electron chi connectivity index (χ3n) is 5.48. The van der Waals surface area contributed by atoms with Gasteiger partial charge in [-0.05, 0) is 54.7 Å². The molecule has 4 heteroatoms. The molecule has 4 rings (SSSR count). The molecule has 0 unspecified atom stereocenters. The van der Waals surface area contributed by atoms with Crippen LogP contribution in [-0.2, 0) is 13.2 Å². The number of para-hydroxylation sites is 1. The first-order chi connectivity index (χ1) is 14.8. The molecule has 0 bridgehead atoms. The number of nitrogens with one attached hydrogen (secondary N) is 1. The SMILES string of the molecule is O=C(NCc1ccc(N2CCCCC2)cc1)c1ccccc1OCc1ccccc1. The van der Waals surface area contributed by atoms with E-state index >= 15 is 0 Å². The smallest absolute Gasteiger partial charge is 0.255 e. The minimum Gasteiger partial charge on any atom is -0.488 e. The lowest BCUT2D eigenvalue weighted by Crippen LogP contribution is -2.29. The third kappa shape index (κ3) is 5.20. The lowest BCUT2D eigenvalue weighted by Gasteiger charge is -2.28. The summed E-state index contributed by atoms with van der Waals surface area (Å²) in [6.07, 6.45) is 3.87. The van der Waals surface area contributed by atoms with E-state index in [-0.39, 0.29) is 5.91 Å². The van der Waals surface area contributed by atoms with Gasteiger partial charge in [0, 0.05) is 25.3 Å². The van der Waals surface area contributed by atoms with Gasteiger partial charge in [-0.1, -0.05) is 54.6 Å². The molecule has 4 nitrogen and oxygen atoms in total. The quantitative estimate of drug-likeness (QED) is 0.594. The zero-order valence-electron chi connectivity index (χ0n) is 17.2. The van der Waals surface area contributed by atoms with E-state index in [0.29, 0.717) is 24.5 Å². The molecule has 1 aliphatic rings. The third-order valence-corrected chi connectivity index (χ3v) is 5.48. The molecule has 30 heavy (non-hydrogen) atoms. The number of nitrogens with zero attached hydrogens (tertiary/aromatic N) is 1. The van der Waals surface area contributed by atoms with Crippen LogP contribution in [0.15, 0.2) is 78.9 Å². The van der Waals surface area contributed by atoms with E-state index in [1.807, 2.05) is 48.5 Å². The number of carbonyl (C=O) groups is 1. The van der Waals surface area contributed by atoms with Gasteiger partial charge >= 0.3 is 0 Å². The molecule has 0 aliphatic carbocycles. The van der Waals surface area contributed by atoms with E-state index < -0.39 is 0 Å². The molecule has 0 radical (unpaired) electrons. The van der Waals surface area contributed by atoms with Gasteiger partial charge in [-0.25, -0.2) is 0 Å². The Labute approximate surface area is 178 Å². The molecule has 0 aromatic heterocycles. The second kappa shape index (κ2) is 9.97. The van der Waals surface area contributed by atoms with Crippen molar-refractivity contribution >= 4 is 11.6 Å². The van der Waals surface area contributed by atoms with Crippen molar-refractivity contribution in [2.45, 2.75) is 32.4 Å². The van der Waals surface area contributed by atoms with Crippen molar-refractivity contribution in [2.75, 3.05) is 18.0 Å². The largest absolute Gasteiger partial charge is 0.488 e. The van der Waals surface area contributed by atoms with Crippen LogP contribution in [0.4, 0.5) is 5.69 Å². The molecule has 1 heterocycles. The van der Waals surface area contributed by atoms with Gasteiger partial charge in [-0.2, -0.15) is 0 Å². The summed E-state index contributed by atoms with van der Waals surface area (Å²) in [6, 6.07) is 25.9. The van der Waals surface area contributed by atoms with Crippen molar-refractivity contribution in [1.29, 1.82) is 0 Å². The zero-order valence-corrected chi connectivity index (χ0v) is 17.2. The highest BCUT2D eigenvalue weighted by Gasteiger charge is 2.13. The highest BCUT2D eigenvalue weighted by Crippen LogP contribution is 2.21. The Morgan fingerprint density at radius 3 is 2.27 bits per heavy atom. The molecular formula is C26H28N2O2. The summed E-state index contributed by atoms with van der Waals surface area (Å²) in [6.45, 7) is 3.20. The molecule has 1 N–H and O–H groups in total. The Kier molecular flexibility index (Phi) is 6.65. The maximum absolute atomic E-state index is 12.8. The average molecular weight is 401 g/mol. The molecule has 0 saturated carbocycles. The predicted octanol–water partition coefficient (Wildman–Crippen LogP) is 5.19. The van der Waals surface area contributed by atoms with Crippen molar-refractivity contribution in [3.8, 4) is 5.75 Å². The van der Waals surface area contributed by atoms with Gasteiger partial charge in [0.15, 0.2) is 0 Å². The highest BCUT2D eigenvalue weighted by molar-refractivity contribution is 5.96. The number of hydrogen-bond donors (Lipinski definition) is 1. The monoisotopic (exact) mass is 400 g/mol. The summed E-state index contributed by atoms with van der Waals surface area (Å²) in [5, 5.41) is 3.02. The first-order valence-electron chi connectivity index (χ1n) is 10.7. The number of carbonyl (C=O) groups excluding carboxylic acids is 1. The van der Waals surface area contributed by atoms with E-state index in [9.17, 15) is 4.79 Å². The minimum atomic E-state index is -0.126. The normalized spacial score (nSPS) is 13.7. The van der Waals surface area contributed by atoms with Crippen molar-refractivity contribution in [3.05, 3.63) is 95.6 Å². The molecule has 1 fully saturated rings. The maximum atomic E-state index is 12.8.